The van der Waals surface area contributed by atoms with Crippen molar-refractivity contribution in [3.63, 3.8) is 0 Å². The number of halogens is 2. The smallest absolute Gasteiger partial charge is 0.248 e. The average molecular weight is 352 g/mol. The topological polar surface area (TPSA) is 32.8 Å². The van der Waals surface area contributed by atoms with E-state index in [9.17, 15) is 13.6 Å². The fourth-order valence-corrected chi connectivity index (χ4v) is 4.32. The average Bonchev–Trinajstić information content (AvgIpc) is 2.83. The molecule has 2 heterocycles. The van der Waals surface area contributed by atoms with Crippen LogP contribution in [0.4, 0.5) is 8.78 Å². The summed E-state index contributed by atoms with van der Waals surface area (Å²) in [6.45, 7) is 2.87. The highest BCUT2D eigenvalue weighted by Gasteiger charge is 2.42. The van der Waals surface area contributed by atoms with Crippen molar-refractivity contribution in [3.8, 4) is 0 Å². The monoisotopic (exact) mass is 352 g/mol. The summed E-state index contributed by atoms with van der Waals surface area (Å²) < 4.78 is 32.5. The van der Waals surface area contributed by atoms with E-state index in [2.05, 4.69) is 4.90 Å². The number of likely N-dealkylation sites (tertiary alicyclic amines) is 2. The molecule has 0 aromatic heterocycles. The Morgan fingerprint density at radius 1 is 1.16 bits per heavy atom. The maximum absolute atomic E-state index is 14.1. The van der Waals surface area contributed by atoms with Gasteiger partial charge in [-0.2, -0.15) is 0 Å². The quantitative estimate of drug-likeness (QED) is 0.835. The number of methoxy groups -OCH3 is 1. The van der Waals surface area contributed by atoms with Gasteiger partial charge in [0.2, 0.25) is 5.91 Å². The molecule has 1 amide bonds. The van der Waals surface area contributed by atoms with Gasteiger partial charge in [0.1, 0.15) is 18.2 Å². The number of carbonyl (C=O) groups excluding carboxylic acids is 1. The molecule has 1 aromatic carbocycles. The van der Waals surface area contributed by atoms with Crippen molar-refractivity contribution in [1.29, 1.82) is 0 Å². The summed E-state index contributed by atoms with van der Waals surface area (Å²) in [6, 6.07) is 3.65. The minimum Gasteiger partial charge on any atom is -0.375 e. The van der Waals surface area contributed by atoms with Crippen LogP contribution in [0.25, 0.3) is 0 Å². The lowest BCUT2D eigenvalue weighted by Crippen LogP contribution is -2.44. The number of benzene rings is 1. The van der Waals surface area contributed by atoms with Crippen LogP contribution in [0.15, 0.2) is 18.2 Å². The maximum Gasteiger partial charge on any atom is 0.248 e. The van der Waals surface area contributed by atoms with Gasteiger partial charge in [0.05, 0.1) is 0 Å². The van der Waals surface area contributed by atoms with E-state index in [1.54, 1.807) is 0 Å². The number of rotatable bonds is 4. The van der Waals surface area contributed by atoms with Gasteiger partial charge in [0.25, 0.3) is 0 Å². The van der Waals surface area contributed by atoms with E-state index >= 15 is 0 Å². The van der Waals surface area contributed by atoms with E-state index in [1.165, 1.54) is 19.2 Å². The SMILES string of the molecule is COCC(=O)N1CCCC2(CCCN2Cc2cc(F)ccc2F)CC1. The minimum absolute atomic E-state index is 0.0130. The van der Waals surface area contributed by atoms with E-state index in [0.717, 1.165) is 51.3 Å². The number of amides is 1. The summed E-state index contributed by atoms with van der Waals surface area (Å²) in [5, 5.41) is 0. The fraction of sp³-hybridized carbons (Fsp3) is 0.632. The van der Waals surface area contributed by atoms with Gasteiger partial charge in [-0.3, -0.25) is 9.69 Å². The first-order valence-electron chi connectivity index (χ1n) is 9.00. The van der Waals surface area contributed by atoms with Crippen molar-refractivity contribution < 1.29 is 18.3 Å². The van der Waals surface area contributed by atoms with Gasteiger partial charge in [-0.25, -0.2) is 8.78 Å². The highest BCUT2D eigenvalue weighted by molar-refractivity contribution is 5.77. The minimum atomic E-state index is -0.401. The predicted molar refractivity (Wildman–Crippen MR) is 91.0 cm³/mol. The molecular weight excluding hydrogens is 326 g/mol. The largest absolute Gasteiger partial charge is 0.375 e. The summed E-state index contributed by atoms with van der Waals surface area (Å²) in [7, 11) is 1.53. The van der Waals surface area contributed by atoms with Gasteiger partial charge >= 0.3 is 0 Å². The number of carbonyl (C=O) groups is 1. The molecule has 1 unspecified atom stereocenters. The molecule has 1 spiro atoms. The Labute approximate surface area is 147 Å². The summed E-state index contributed by atoms with van der Waals surface area (Å²) in [5.74, 6) is -0.726. The van der Waals surface area contributed by atoms with Crippen molar-refractivity contribution in [2.45, 2.75) is 44.2 Å². The van der Waals surface area contributed by atoms with E-state index < -0.39 is 5.82 Å². The highest BCUT2D eigenvalue weighted by Crippen LogP contribution is 2.39. The van der Waals surface area contributed by atoms with E-state index in [0.29, 0.717) is 18.7 Å². The fourth-order valence-electron chi connectivity index (χ4n) is 4.32. The van der Waals surface area contributed by atoms with Crippen molar-refractivity contribution in [2.75, 3.05) is 33.4 Å². The van der Waals surface area contributed by atoms with E-state index in [-0.39, 0.29) is 23.9 Å². The third-order valence-corrected chi connectivity index (χ3v) is 5.65. The third kappa shape index (κ3) is 4.01. The van der Waals surface area contributed by atoms with Crippen molar-refractivity contribution in [2.24, 2.45) is 0 Å². The lowest BCUT2D eigenvalue weighted by molar-refractivity contribution is -0.135. The van der Waals surface area contributed by atoms with Gasteiger partial charge in [-0.15, -0.1) is 0 Å². The van der Waals surface area contributed by atoms with Gasteiger partial charge in [0, 0.05) is 37.8 Å². The molecule has 25 heavy (non-hydrogen) atoms. The normalized spacial score (nSPS) is 24.7. The Bertz CT molecular complexity index is 625. The lowest BCUT2D eigenvalue weighted by Gasteiger charge is -2.38. The molecule has 138 valence electrons. The molecule has 2 aliphatic rings. The van der Waals surface area contributed by atoms with Crippen molar-refractivity contribution in [1.82, 2.24) is 9.80 Å². The van der Waals surface area contributed by atoms with Crippen LogP contribution in [-0.4, -0.2) is 54.6 Å². The second kappa shape index (κ2) is 7.79. The van der Waals surface area contributed by atoms with Gasteiger partial charge in [-0.05, 0) is 56.8 Å². The molecule has 2 aliphatic heterocycles. The van der Waals surface area contributed by atoms with Crippen LogP contribution in [0.1, 0.15) is 37.7 Å². The molecule has 0 N–H and O–H groups in total. The number of hydrogen-bond donors (Lipinski definition) is 0. The van der Waals surface area contributed by atoms with Gasteiger partial charge in [-0.1, -0.05) is 0 Å². The first-order valence-corrected chi connectivity index (χ1v) is 9.00. The molecule has 1 aromatic rings. The molecule has 3 rings (SSSR count). The molecule has 0 saturated carbocycles. The summed E-state index contributed by atoms with van der Waals surface area (Å²) in [4.78, 5) is 16.3. The first kappa shape index (κ1) is 18.3. The van der Waals surface area contributed by atoms with Crippen LogP contribution < -0.4 is 0 Å². The van der Waals surface area contributed by atoms with E-state index in [1.807, 2.05) is 4.90 Å². The van der Waals surface area contributed by atoms with Crippen molar-refractivity contribution in [3.05, 3.63) is 35.4 Å². The molecule has 0 bridgehead atoms. The van der Waals surface area contributed by atoms with Crippen LogP contribution in [0.2, 0.25) is 0 Å². The lowest BCUT2D eigenvalue weighted by atomic mass is 9.87. The van der Waals surface area contributed by atoms with Crippen LogP contribution in [0, 0.1) is 11.6 Å². The molecule has 4 nitrogen and oxygen atoms in total. The molecule has 1 atom stereocenters. The standard InChI is InChI=1S/C19H26F2N2O2/c1-25-14-18(24)22-9-2-6-19(8-11-22)7-3-10-23(19)13-15-12-16(20)4-5-17(15)21/h4-5,12H,2-3,6-11,13-14H2,1H3. The van der Waals surface area contributed by atoms with Gasteiger partial charge < -0.3 is 9.64 Å². The molecule has 2 fully saturated rings. The predicted octanol–water partition coefficient (Wildman–Crippen LogP) is 2.96. The van der Waals surface area contributed by atoms with Gasteiger partial charge in [0.15, 0.2) is 0 Å². The van der Waals surface area contributed by atoms with E-state index in [4.69, 9.17) is 4.74 Å². The van der Waals surface area contributed by atoms with Crippen LogP contribution >= 0.6 is 0 Å². The summed E-state index contributed by atoms with van der Waals surface area (Å²) in [5.41, 5.74) is 0.402. The molecule has 6 heteroatoms. The Balaban J connectivity index is 1.72. The second-order valence-electron chi connectivity index (χ2n) is 7.15. The first-order chi connectivity index (χ1) is 12.0. The van der Waals surface area contributed by atoms with Crippen LogP contribution in [0.5, 0.6) is 0 Å². The zero-order valence-electron chi connectivity index (χ0n) is 14.8. The number of ether oxygens (including phenoxy) is 1. The third-order valence-electron chi connectivity index (χ3n) is 5.65. The molecule has 2 saturated heterocycles. The second-order valence-corrected chi connectivity index (χ2v) is 7.15. The zero-order valence-corrected chi connectivity index (χ0v) is 14.8. The number of nitrogens with zero attached hydrogens (tertiary/aromatic N) is 2. The van der Waals surface area contributed by atoms with Crippen molar-refractivity contribution >= 4 is 5.91 Å². The summed E-state index contributed by atoms with van der Waals surface area (Å²) in [6.07, 6.45) is 4.90. The van der Waals surface area contributed by atoms with Crippen LogP contribution in [0.3, 0.4) is 0 Å². The number of hydrogen-bond acceptors (Lipinski definition) is 3. The zero-order chi connectivity index (χ0) is 17.9. The maximum atomic E-state index is 14.1. The molecule has 0 aliphatic carbocycles. The molecular formula is C19H26F2N2O2. The molecule has 0 radical (unpaired) electrons. The Kier molecular flexibility index (Phi) is 5.69. The Morgan fingerprint density at radius 3 is 2.68 bits per heavy atom. The summed E-state index contributed by atoms with van der Waals surface area (Å²) >= 11 is 0. The van der Waals surface area contributed by atoms with Crippen LogP contribution in [-0.2, 0) is 16.1 Å². The Morgan fingerprint density at radius 2 is 1.92 bits per heavy atom. The highest BCUT2D eigenvalue weighted by atomic mass is 19.1. The Hall–Kier alpha value is -1.53.